The lowest BCUT2D eigenvalue weighted by molar-refractivity contribution is -0.146. The van der Waals surface area contributed by atoms with E-state index in [1.165, 1.54) is 7.11 Å². The van der Waals surface area contributed by atoms with E-state index in [0.717, 1.165) is 0 Å². The summed E-state index contributed by atoms with van der Waals surface area (Å²) in [4.78, 5) is 50.0. The van der Waals surface area contributed by atoms with Crippen LogP contribution in [0.5, 0.6) is 0 Å². The maximum Gasteiger partial charge on any atom is 0.408 e. The lowest BCUT2D eigenvalue weighted by atomic mass is 9.94. The summed E-state index contributed by atoms with van der Waals surface area (Å²) < 4.78 is 10.1. The average Bonchev–Trinajstić information content (AvgIpc) is 3.06. The summed E-state index contributed by atoms with van der Waals surface area (Å²) >= 11 is 0. The van der Waals surface area contributed by atoms with Crippen LogP contribution in [0.3, 0.4) is 0 Å². The van der Waals surface area contributed by atoms with Crippen molar-refractivity contribution < 1.29 is 33.8 Å². The molecule has 0 heterocycles. The first kappa shape index (κ1) is 29.7. The lowest BCUT2D eigenvalue weighted by Crippen LogP contribution is -2.56. The minimum atomic E-state index is -0.855. The van der Waals surface area contributed by atoms with Crippen molar-refractivity contribution in [2.75, 3.05) is 7.11 Å². The third kappa shape index (κ3) is 9.12. The van der Waals surface area contributed by atoms with Gasteiger partial charge in [-0.1, -0.05) is 34.1 Å². The zero-order chi connectivity index (χ0) is 26.2. The molecule has 4 N–H and O–H groups in total. The van der Waals surface area contributed by atoms with Crippen LogP contribution < -0.4 is 16.0 Å². The second-order valence-corrected chi connectivity index (χ2v) is 10.5. The van der Waals surface area contributed by atoms with Crippen LogP contribution in [0.2, 0.25) is 0 Å². The third-order valence-electron chi connectivity index (χ3n) is 6.12. The zero-order valence-electron chi connectivity index (χ0n) is 21.8. The molecule has 0 aromatic rings. The molecule has 0 unspecified atom stereocenters. The Labute approximate surface area is 202 Å². The van der Waals surface area contributed by atoms with E-state index in [2.05, 4.69) is 16.0 Å². The molecule has 10 nitrogen and oxygen atoms in total. The number of methoxy groups -OCH3 is 1. The van der Waals surface area contributed by atoms with Gasteiger partial charge in [0, 0.05) is 6.42 Å². The molecule has 34 heavy (non-hydrogen) atoms. The largest absolute Gasteiger partial charge is 0.467 e. The van der Waals surface area contributed by atoms with Gasteiger partial charge in [0.05, 0.1) is 19.3 Å². The molecule has 1 aliphatic carbocycles. The van der Waals surface area contributed by atoms with Crippen molar-refractivity contribution in [1.29, 1.82) is 0 Å². The van der Waals surface area contributed by atoms with Crippen molar-refractivity contribution >= 4 is 23.9 Å². The highest BCUT2D eigenvalue weighted by atomic mass is 16.6. The topological polar surface area (TPSA) is 143 Å². The molecule has 0 spiro atoms. The Morgan fingerprint density at radius 1 is 1.03 bits per heavy atom. The van der Waals surface area contributed by atoms with Crippen molar-refractivity contribution in [3.05, 3.63) is 0 Å². The van der Waals surface area contributed by atoms with Crippen LogP contribution >= 0.6 is 0 Å². The maximum atomic E-state index is 13.1. The molecule has 0 aliphatic heterocycles. The van der Waals surface area contributed by atoms with Crippen molar-refractivity contribution in [3.8, 4) is 0 Å². The Balaban J connectivity index is 2.88. The molecule has 0 saturated heterocycles. The molecule has 0 aromatic carbocycles. The second kappa shape index (κ2) is 12.9. The Morgan fingerprint density at radius 3 is 2.15 bits per heavy atom. The van der Waals surface area contributed by atoms with Crippen molar-refractivity contribution in [2.45, 2.75) is 104 Å². The number of carbonyl (C=O) groups is 4. The van der Waals surface area contributed by atoms with Gasteiger partial charge < -0.3 is 30.5 Å². The van der Waals surface area contributed by atoms with Crippen molar-refractivity contribution in [1.82, 2.24) is 16.0 Å². The number of aliphatic hydroxyl groups excluding tert-OH is 1. The van der Waals surface area contributed by atoms with Crippen molar-refractivity contribution in [2.24, 2.45) is 17.8 Å². The monoisotopic (exact) mass is 485 g/mol. The van der Waals surface area contributed by atoms with Gasteiger partial charge in [0.1, 0.15) is 17.7 Å². The van der Waals surface area contributed by atoms with Crippen LogP contribution in [0.1, 0.15) is 74.1 Å². The molecule has 0 radical (unpaired) electrons. The summed E-state index contributed by atoms with van der Waals surface area (Å²) in [5.41, 5.74) is -0.710. The van der Waals surface area contributed by atoms with Crippen LogP contribution in [-0.2, 0) is 23.9 Å². The third-order valence-corrected chi connectivity index (χ3v) is 6.12. The van der Waals surface area contributed by atoms with E-state index in [-0.39, 0.29) is 30.1 Å². The first-order valence-electron chi connectivity index (χ1n) is 12.0. The number of hydrogen-bond donors (Lipinski definition) is 4. The van der Waals surface area contributed by atoms with Gasteiger partial charge in [-0.2, -0.15) is 0 Å². The number of alkyl carbamates (subject to hydrolysis) is 1. The Kier molecular flexibility index (Phi) is 11.3. The van der Waals surface area contributed by atoms with Gasteiger partial charge in [0.2, 0.25) is 11.8 Å². The van der Waals surface area contributed by atoms with E-state index in [4.69, 9.17) is 9.47 Å². The Hall–Kier alpha value is -2.36. The molecule has 1 aliphatic rings. The minimum Gasteiger partial charge on any atom is -0.467 e. The molecular formula is C24H43N3O7. The van der Waals surface area contributed by atoms with Crippen LogP contribution in [-0.4, -0.2) is 65.9 Å². The fraction of sp³-hybridized carbons (Fsp3) is 0.833. The first-order valence-corrected chi connectivity index (χ1v) is 12.0. The van der Waals surface area contributed by atoms with Crippen LogP contribution in [0, 0.1) is 17.8 Å². The molecular weight excluding hydrogens is 442 g/mol. The summed E-state index contributed by atoms with van der Waals surface area (Å²) in [6.07, 6.45) is 0.131. The van der Waals surface area contributed by atoms with Gasteiger partial charge in [-0.05, 0) is 51.4 Å². The van der Waals surface area contributed by atoms with E-state index in [9.17, 15) is 24.3 Å². The zero-order valence-corrected chi connectivity index (χ0v) is 21.8. The maximum absolute atomic E-state index is 13.1. The number of carbonyl (C=O) groups excluding carboxylic acids is 4. The fourth-order valence-electron chi connectivity index (χ4n) is 3.99. The van der Waals surface area contributed by atoms with E-state index < -0.39 is 47.8 Å². The molecule has 10 heteroatoms. The quantitative estimate of drug-likeness (QED) is 0.346. The predicted molar refractivity (Wildman–Crippen MR) is 127 cm³/mol. The van der Waals surface area contributed by atoms with Gasteiger partial charge >= 0.3 is 12.1 Å². The number of rotatable bonds is 10. The summed E-state index contributed by atoms with van der Waals surface area (Å²) in [6.45, 7) is 12.6. The second-order valence-electron chi connectivity index (χ2n) is 10.5. The van der Waals surface area contributed by atoms with Gasteiger partial charge in [-0.3, -0.25) is 9.59 Å². The average molecular weight is 486 g/mol. The van der Waals surface area contributed by atoms with E-state index in [1.807, 2.05) is 13.8 Å². The molecule has 0 bridgehead atoms. The lowest BCUT2D eigenvalue weighted by Gasteiger charge is -2.30. The van der Waals surface area contributed by atoms with E-state index in [0.29, 0.717) is 19.3 Å². The molecule has 3 amide bonds. The smallest absolute Gasteiger partial charge is 0.408 e. The van der Waals surface area contributed by atoms with E-state index >= 15 is 0 Å². The number of nitrogens with one attached hydrogen (secondary N) is 3. The summed E-state index contributed by atoms with van der Waals surface area (Å²) in [5.74, 6) is -1.97. The first-order chi connectivity index (χ1) is 15.7. The van der Waals surface area contributed by atoms with Gasteiger partial charge in [-0.15, -0.1) is 0 Å². The molecule has 6 atom stereocenters. The number of esters is 1. The Morgan fingerprint density at radius 2 is 1.65 bits per heavy atom. The summed E-state index contributed by atoms with van der Waals surface area (Å²) in [7, 11) is 1.27. The van der Waals surface area contributed by atoms with Crippen molar-refractivity contribution in [3.63, 3.8) is 0 Å². The molecule has 1 rings (SSSR count). The standard InChI is InChI=1S/C24H43N3O7/c1-9-14(4)19(27-23(32)34-24(5,6)7)21(30)26-20-15(10-11-16(20)28)12-17(29)25-18(13(2)3)22(31)33-8/h13-16,18-20,28H,9-12H2,1-8H3,(H,25,29)(H,26,30)(H,27,32)/t14-,15+,16-,18-,19-,20-/m0/s1. The van der Waals surface area contributed by atoms with Gasteiger partial charge in [-0.25, -0.2) is 9.59 Å². The normalized spacial score (nSPS) is 22.9. The molecule has 196 valence electrons. The Bertz CT molecular complexity index is 720. The summed E-state index contributed by atoms with van der Waals surface area (Å²) in [6, 6.07) is -2.28. The number of aliphatic hydroxyl groups is 1. The predicted octanol–water partition coefficient (Wildman–Crippen LogP) is 1.89. The highest BCUT2D eigenvalue weighted by Gasteiger charge is 2.40. The summed E-state index contributed by atoms with van der Waals surface area (Å²) in [5, 5.41) is 18.7. The highest BCUT2D eigenvalue weighted by molar-refractivity contribution is 5.87. The highest BCUT2D eigenvalue weighted by Crippen LogP contribution is 2.29. The molecule has 1 saturated carbocycles. The van der Waals surface area contributed by atoms with Crippen LogP contribution in [0.4, 0.5) is 4.79 Å². The van der Waals surface area contributed by atoms with Crippen LogP contribution in [0.15, 0.2) is 0 Å². The molecule has 0 aromatic heterocycles. The fourth-order valence-corrected chi connectivity index (χ4v) is 3.99. The number of amides is 3. The number of ether oxygens (including phenoxy) is 2. The van der Waals surface area contributed by atoms with E-state index in [1.54, 1.807) is 34.6 Å². The SMILES string of the molecule is CC[C@H](C)[C@H](NC(=O)OC(C)(C)C)C(=O)N[C@H]1[C@@H](CC(=O)N[C@H](C(=O)OC)C(C)C)CC[C@@H]1O. The minimum absolute atomic E-state index is 0.0374. The van der Waals surface area contributed by atoms with Gasteiger partial charge in [0.25, 0.3) is 0 Å². The number of hydrogen-bond acceptors (Lipinski definition) is 7. The molecule has 1 fully saturated rings. The van der Waals surface area contributed by atoms with Gasteiger partial charge in [0.15, 0.2) is 0 Å². The van der Waals surface area contributed by atoms with Crippen LogP contribution in [0.25, 0.3) is 0 Å².